The third-order valence-electron chi connectivity index (χ3n) is 2.98. The highest BCUT2D eigenvalue weighted by Gasteiger charge is 2.26. The lowest BCUT2D eigenvalue weighted by molar-refractivity contribution is 0.0224. The Labute approximate surface area is 118 Å². The molecule has 0 aromatic heterocycles. The van der Waals surface area contributed by atoms with Crippen LogP contribution in [-0.2, 0) is 17.7 Å². The first-order valence-electron chi connectivity index (χ1n) is 6.31. The van der Waals surface area contributed by atoms with Gasteiger partial charge in [-0.2, -0.15) is 0 Å². The molecule has 1 aliphatic heterocycles. The Hall–Kier alpha value is -1.42. The number of fused-ring (bicyclic) bond motifs is 1. The fourth-order valence-corrected chi connectivity index (χ4v) is 2.27. The van der Waals surface area contributed by atoms with E-state index in [0.29, 0.717) is 23.8 Å². The van der Waals surface area contributed by atoms with Gasteiger partial charge in [0.25, 0.3) is 0 Å². The third kappa shape index (κ3) is 3.32. The molecule has 2 rings (SSSR count). The van der Waals surface area contributed by atoms with E-state index in [1.54, 1.807) is 4.90 Å². The Balaban J connectivity index is 2.14. The smallest absolute Gasteiger partial charge is 0.410 e. The van der Waals surface area contributed by atoms with Gasteiger partial charge < -0.3 is 15.4 Å². The molecule has 0 atom stereocenters. The predicted octanol–water partition coefficient (Wildman–Crippen LogP) is 3.22. The van der Waals surface area contributed by atoms with Gasteiger partial charge in [-0.25, -0.2) is 4.79 Å². The number of nitrogens with two attached hydrogens (primary N) is 1. The number of halogens is 1. The largest absolute Gasteiger partial charge is 0.444 e. The maximum Gasteiger partial charge on any atom is 0.410 e. The van der Waals surface area contributed by atoms with Crippen LogP contribution in [0, 0.1) is 0 Å². The minimum Gasteiger partial charge on any atom is -0.444 e. The number of carbonyl (C=O) groups is 1. The molecule has 0 saturated heterocycles. The van der Waals surface area contributed by atoms with Crippen molar-refractivity contribution in [3.05, 3.63) is 28.3 Å². The fourth-order valence-electron chi connectivity index (χ4n) is 2.08. The van der Waals surface area contributed by atoms with Gasteiger partial charge in [-0.15, -0.1) is 0 Å². The molecule has 19 heavy (non-hydrogen) atoms. The number of nitrogens with zero attached hydrogens (tertiary/aromatic N) is 1. The summed E-state index contributed by atoms with van der Waals surface area (Å²) in [4.78, 5) is 13.7. The number of amides is 1. The van der Waals surface area contributed by atoms with Crippen LogP contribution in [-0.4, -0.2) is 23.1 Å². The number of nitrogen functional groups attached to an aromatic ring is 1. The molecule has 1 aliphatic rings. The first kappa shape index (κ1) is 14.0. The lowest BCUT2D eigenvalue weighted by Gasteiger charge is -2.31. The number of rotatable bonds is 0. The number of anilines is 1. The maximum absolute atomic E-state index is 12.0. The van der Waals surface area contributed by atoms with Crippen molar-refractivity contribution < 1.29 is 9.53 Å². The zero-order chi connectivity index (χ0) is 14.2. The highest BCUT2D eigenvalue weighted by molar-refractivity contribution is 6.33. The molecule has 1 aromatic carbocycles. The van der Waals surface area contributed by atoms with Gasteiger partial charge in [0.15, 0.2) is 0 Å². The van der Waals surface area contributed by atoms with Crippen molar-refractivity contribution in [3.63, 3.8) is 0 Å². The van der Waals surface area contributed by atoms with Crippen LogP contribution in [0.2, 0.25) is 5.02 Å². The number of benzene rings is 1. The van der Waals surface area contributed by atoms with Crippen molar-refractivity contribution in [2.24, 2.45) is 0 Å². The van der Waals surface area contributed by atoms with Gasteiger partial charge in [0.2, 0.25) is 0 Å². The number of carbonyl (C=O) groups excluding carboxylic acids is 1. The SMILES string of the molecule is CC(C)(C)OC(=O)N1CCc2cc(N)c(Cl)cc2C1. The quantitative estimate of drug-likeness (QED) is 0.743. The van der Waals surface area contributed by atoms with Crippen LogP contribution in [0.25, 0.3) is 0 Å². The monoisotopic (exact) mass is 282 g/mol. The van der Waals surface area contributed by atoms with Crippen molar-refractivity contribution in [1.82, 2.24) is 4.90 Å². The van der Waals surface area contributed by atoms with Crippen molar-refractivity contribution in [1.29, 1.82) is 0 Å². The van der Waals surface area contributed by atoms with Gasteiger partial charge >= 0.3 is 6.09 Å². The van der Waals surface area contributed by atoms with Gasteiger partial charge in [-0.3, -0.25) is 0 Å². The van der Waals surface area contributed by atoms with Crippen LogP contribution in [0.15, 0.2) is 12.1 Å². The van der Waals surface area contributed by atoms with Gasteiger partial charge in [0.1, 0.15) is 5.60 Å². The molecule has 104 valence electrons. The molecular formula is C14H19ClN2O2. The Bertz CT molecular complexity index is 509. The standard InChI is InChI=1S/C14H19ClN2O2/c1-14(2,3)19-13(18)17-5-4-9-7-12(16)11(15)6-10(9)8-17/h6-7H,4-5,8,16H2,1-3H3. The molecule has 5 heteroatoms. The van der Waals surface area contributed by atoms with E-state index in [1.165, 1.54) is 0 Å². The van der Waals surface area contributed by atoms with Crippen LogP contribution in [0.5, 0.6) is 0 Å². The highest BCUT2D eigenvalue weighted by Crippen LogP contribution is 2.28. The van der Waals surface area contributed by atoms with Gasteiger partial charge in [-0.05, 0) is 50.5 Å². The Morgan fingerprint density at radius 1 is 1.37 bits per heavy atom. The zero-order valence-electron chi connectivity index (χ0n) is 11.5. The predicted molar refractivity (Wildman–Crippen MR) is 76.2 cm³/mol. The molecule has 0 bridgehead atoms. The van der Waals surface area contributed by atoms with Crippen LogP contribution >= 0.6 is 11.6 Å². The summed E-state index contributed by atoms with van der Waals surface area (Å²) in [7, 11) is 0. The average Bonchev–Trinajstić information content (AvgIpc) is 2.27. The van der Waals surface area contributed by atoms with E-state index in [-0.39, 0.29) is 6.09 Å². The zero-order valence-corrected chi connectivity index (χ0v) is 12.3. The molecular weight excluding hydrogens is 264 g/mol. The molecule has 0 unspecified atom stereocenters. The van der Waals surface area contributed by atoms with E-state index in [0.717, 1.165) is 17.5 Å². The molecule has 1 aromatic rings. The first-order chi connectivity index (χ1) is 8.76. The summed E-state index contributed by atoms with van der Waals surface area (Å²) in [5.74, 6) is 0. The Morgan fingerprint density at radius 3 is 2.68 bits per heavy atom. The molecule has 4 nitrogen and oxygen atoms in total. The van der Waals surface area contributed by atoms with E-state index >= 15 is 0 Å². The lowest BCUT2D eigenvalue weighted by Crippen LogP contribution is -2.39. The summed E-state index contributed by atoms with van der Waals surface area (Å²) in [5, 5.41) is 0.532. The van der Waals surface area contributed by atoms with Crippen LogP contribution in [0.4, 0.5) is 10.5 Å². The summed E-state index contributed by atoms with van der Waals surface area (Å²) >= 11 is 6.02. The summed E-state index contributed by atoms with van der Waals surface area (Å²) in [6.45, 7) is 6.74. The molecule has 0 spiro atoms. The second-order valence-corrected chi connectivity index (χ2v) is 6.20. The van der Waals surface area contributed by atoms with E-state index in [2.05, 4.69) is 0 Å². The molecule has 2 N–H and O–H groups in total. The summed E-state index contributed by atoms with van der Waals surface area (Å²) in [6, 6.07) is 3.73. The topological polar surface area (TPSA) is 55.6 Å². The minimum absolute atomic E-state index is 0.286. The maximum atomic E-state index is 12.0. The molecule has 0 saturated carbocycles. The second-order valence-electron chi connectivity index (χ2n) is 5.79. The third-order valence-corrected chi connectivity index (χ3v) is 3.31. The van der Waals surface area contributed by atoms with Crippen LogP contribution in [0.3, 0.4) is 0 Å². The fraction of sp³-hybridized carbons (Fsp3) is 0.500. The van der Waals surface area contributed by atoms with E-state index < -0.39 is 5.60 Å². The van der Waals surface area contributed by atoms with Gasteiger partial charge in [0, 0.05) is 13.1 Å². The van der Waals surface area contributed by atoms with Crippen molar-refractivity contribution in [3.8, 4) is 0 Å². The molecule has 0 aliphatic carbocycles. The highest BCUT2D eigenvalue weighted by atomic mass is 35.5. The normalized spacial score (nSPS) is 15.1. The van der Waals surface area contributed by atoms with E-state index in [4.69, 9.17) is 22.1 Å². The van der Waals surface area contributed by atoms with E-state index in [1.807, 2.05) is 32.9 Å². The van der Waals surface area contributed by atoms with Crippen molar-refractivity contribution in [2.45, 2.75) is 39.3 Å². The Kier molecular flexibility index (Phi) is 3.63. The average molecular weight is 283 g/mol. The number of hydrogen-bond acceptors (Lipinski definition) is 3. The van der Waals surface area contributed by atoms with Gasteiger partial charge in [-0.1, -0.05) is 11.6 Å². The first-order valence-corrected chi connectivity index (χ1v) is 6.69. The van der Waals surface area contributed by atoms with Crippen molar-refractivity contribution in [2.75, 3.05) is 12.3 Å². The van der Waals surface area contributed by atoms with Crippen molar-refractivity contribution >= 4 is 23.4 Å². The molecule has 0 fully saturated rings. The minimum atomic E-state index is -0.476. The van der Waals surface area contributed by atoms with Crippen LogP contribution in [0.1, 0.15) is 31.9 Å². The molecule has 1 heterocycles. The van der Waals surface area contributed by atoms with E-state index in [9.17, 15) is 4.79 Å². The lowest BCUT2D eigenvalue weighted by atomic mass is 9.99. The van der Waals surface area contributed by atoms with Crippen LogP contribution < -0.4 is 5.73 Å². The molecule has 0 radical (unpaired) electrons. The van der Waals surface area contributed by atoms with Gasteiger partial charge in [0.05, 0.1) is 10.7 Å². The Morgan fingerprint density at radius 2 is 2.05 bits per heavy atom. The number of ether oxygens (including phenoxy) is 1. The summed E-state index contributed by atoms with van der Waals surface area (Å²) in [6.07, 6.45) is 0.488. The number of hydrogen-bond donors (Lipinski definition) is 1. The molecule has 1 amide bonds. The second kappa shape index (κ2) is 4.93. The summed E-state index contributed by atoms with van der Waals surface area (Å²) in [5.41, 5.74) is 8.09. The summed E-state index contributed by atoms with van der Waals surface area (Å²) < 4.78 is 5.38.